The summed E-state index contributed by atoms with van der Waals surface area (Å²) in [5.41, 5.74) is 1.50. The number of rotatable bonds is 4. The fourth-order valence-corrected chi connectivity index (χ4v) is 4.21. The van der Waals surface area contributed by atoms with Gasteiger partial charge in [0.2, 0.25) is 0 Å². The minimum Gasteiger partial charge on any atom is -0.375 e. The van der Waals surface area contributed by atoms with Crippen LogP contribution in [-0.2, 0) is 4.74 Å². The Labute approximate surface area is 107 Å². The lowest BCUT2D eigenvalue weighted by Crippen LogP contribution is -2.33. The highest BCUT2D eigenvalue weighted by molar-refractivity contribution is 7.10. The Morgan fingerprint density at radius 1 is 1.53 bits per heavy atom. The number of fused-ring (bicyclic) bond motifs is 2. The van der Waals surface area contributed by atoms with E-state index in [-0.39, 0.29) is 0 Å². The third-order valence-corrected chi connectivity index (χ3v) is 5.10. The van der Waals surface area contributed by atoms with Gasteiger partial charge in [0.05, 0.1) is 12.2 Å². The van der Waals surface area contributed by atoms with Crippen molar-refractivity contribution in [1.82, 2.24) is 5.32 Å². The molecule has 17 heavy (non-hydrogen) atoms. The van der Waals surface area contributed by atoms with Gasteiger partial charge in [0.25, 0.3) is 0 Å². The van der Waals surface area contributed by atoms with Crippen LogP contribution in [0.3, 0.4) is 0 Å². The van der Waals surface area contributed by atoms with E-state index in [0.717, 1.165) is 6.54 Å². The molecule has 0 radical (unpaired) electrons. The summed E-state index contributed by atoms with van der Waals surface area (Å²) in [5, 5.41) is 5.89. The first-order chi connectivity index (χ1) is 8.29. The topological polar surface area (TPSA) is 21.3 Å². The van der Waals surface area contributed by atoms with Gasteiger partial charge in [-0.1, -0.05) is 6.92 Å². The molecule has 1 aromatic heterocycles. The molecular formula is C14H21NOS. The molecule has 3 heteroatoms. The van der Waals surface area contributed by atoms with Crippen LogP contribution in [-0.4, -0.2) is 18.8 Å². The Morgan fingerprint density at radius 2 is 2.41 bits per heavy atom. The first-order valence-electron chi connectivity index (χ1n) is 6.72. The minimum atomic E-state index is 0.501. The van der Waals surface area contributed by atoms with E-state index in [2.05, 4.69) is 30.6 Å². The molecule has 1 N–H and O–H groups in total. The van der Waals surface area contributed by atoms with Crippen LogP contribution in [0.1, 0.15) is 42.7 Å². The quantitative estimate of drug-likeness (QED) is 0.886. The molecular weight excluding hydrogens is 230 g/mol. The van der Waals surface area contributed by atoms with Crippen molar-refractivity contribution in [1.29, 1.82) is 0 Å². The lowest BCUT2D eigenvalue weighted by molar-refractivity contribution is 0.0858. The van der Waals surface area contributed by atoms with Crippen LogP contribution in [0, 0.1) is 12.8 Å². The lowest BCUT2D eigenvalue weighted by Gasteiger charge is -2.29. The largest absolute Gasteiger partial charge is 0.375 e. The van der Waals surface area contributed by atoms with E-state index < -0.39 is 0 Å². The fraction of sp³-hybridized carbons (Fsp3) is 0.714. The van der Waals surface area contributed by atoms with Gasteiger partial charge in [-0.3, -0.25) is 0 Å². The summed E-state index contributed by atoms with van der Waals surface area (Å²) in [6.07, 6.45) is 4.84. The number of aryl methyl sites for hydroxylation is 1. The molecule has 2 fully saturated rings. The number of thiophene rings is 1. The molecule has 0 saturated carbocycles. The van der Waals surface area contributed by atoms with Gasteiger partial charge >= 0.3 is 0 Å². The molecule has 4 unspecified atom stereocenters. The van der Waals surface area contributed by atoms with Crippen molar-refractivity contribution in [3.05, 3.63) is 21.9 Å². The van der Waals surface area contributed by atoms with Crippen LogP contribution in [0.2, 0.25) is 0 Å². The van der Waals surface area contributed by atoms with Crippen molar-refractivity contribution in [3.63, 3.8) is 0 Å². The molecule has 3 heterocycles. The molecule has 2 nitrogen and oxygen atoms in total. The average Bonchev–Trinajstić information content (AvgIpc) is 3.01. The maximum atomic E-state index is 6.01. The monoisotopic (exact) mass is 251 g/mol. The van der Waals surface area contributed by atoms with Crippen molar-refractivity contribution in [2.24, 2.45) is 5.92 Å². The Kier molecular flexibility index (Phi) is 3.24. The van der Waals surface area contributed by atoms with Gasteiger partial charge in [-0.25, -0.2) is 0 Å². The van der Waals surface area contributed by atoms with Crippen molar-refractivity contribution < 1.29 is 4.74 Å². The van der Waals surface area contributed by atoms with E-state index in [9.17, 15) is 0 Å². The van der Waals surface area contributed by atoms with E-state index in [1.54, 1.807) is 0 Å². The first kappa shape index (κ1) is 11.7. The molecule has 0 aromatic carbocycles. The third-order valence-electron chi connectivity index (χ3n) is 4.24. The summed E-state index contributed by atoms with van der Waals surface area (Å²) in [6, 6.07) is 2.79. The summed E-state index contributed by atoms with van der Waals surface area (Å²) in [4.78, 5) is 1.46. The van der Waals surface area contributed by atoms with Crippen LogP contribution in [0.15, 0.2) is 11.4 Å². The van der Waals surface area contributed by atoms with Gasteiger partial charge in [0.1, 0.15) is 0 Å². The van der Waals surface area contributed by atoms with Gasteiger partial charge in [-0.2, -0.15) is 0 Å². The number of hydrogen-bond donors (Lipinski definition) is 1. The van der Waals surface area contributed by atoms with Crippen molar-refractivity contribution >= 4 is 11.3 Å². The molecule has 94 valence electrons. The standard InChI is InChI=1S/C14H21NOS/c1-3-15-14(11-6-7-17-9(11)2)12-8-10-4-5-13(12)16-10/h6-7,10,12-15H,3-5,8H2,1-2H3. The highest BCUT2D eigenvalue weighted by Crippen LogP contribution is 2.45. The molecule has 2 saturated heterocycles. The van der Waals surface area contributed by atoms with Crippen LogP contribution >= 0.6 is 11.3 Å². The predicted octanol–water partition coefficient (Wildman–Crippen LogP) is 3.27. The number of nitrogens with one attached hydrogen (secondary N) is 1. The van der Waals surface area contributed by atoms with Crippen molar-refractivity contribution in [2.45, 2.75) is 51.4 Å². The Balaban J connectivity index is 1.83. The second-order valence-corrected chi connectivity index (χ2v) is 6.36. The van der Waals surface area contributed by atoms with Crippen molar-refractivity contribution in [2.75, 3.05) is 6.54 Å². The molecule has 0 amide bonds. The summed E-state index contributed by atoms with van der Waals surface area (Å²) >= 11 is 1.86. The van der Waals surface area contributed by atoms with Gasteiger partial charge in [-0.05, 0) is 49.7 Å². The summed E-state index contributed by atoms with van der Waals surface area (Å²) in [6.45, 7) is 5.47. The van der Waals surface area contributed by atoms with Crippen LogP contribution in [0.4, 0.5) is 0 Å². The summed E-state index contributed by atoms with van der Waals surface area (Å²) in [7, 11) is 0. The van der Waals surface area contributed by atoms with Gasteiger partial charge < -0.3 is 10.1 Å². The molecule has 4 atom stereocenters. The number of ether oxygens (including phenoxy) is 1. The minimum absolute atomic E-state index is 0.501. The van der Waals surface area contributed by atoms with Gasteiger partial charge in [-0.15, -0.1) is 11.3 Å². The Morgan fingerprint density at radius 3 is 2.94 bits per heavy atom. The van der Waals surface area contributed by atoms with E-state index >= 15 is 0 Å². The van der Waals surface area contributed by atoms with Crippen LogP contribution < -0.4 is 5.32 Å². The smallest absolute Gasteiger partial charge is 0.0627 e. The molecule has 1 aromatic rings. The highest BCUT2D eigenvalue weighted by Gasteiger charge is 2.44. The maximum Gasteiger partial charge on any atom is 0.0627 e. The van der Waals surface area contributed by atoms with E-state index in [1.807, 2.05) is 11.3 Å². The Hall–Kier alpha value is -0.380. The second-order valence-electron chi connectivity index (χ2n) is 5.24. The first-order valence-corrected chi connectivity index (χ1v) is 7.60. The summed E-state index contributed by atoms with van der Waals surface area (Å²) in [5.74, 6) is 0.682. The third kappa shape index (κ3) is 2.05. The molecule has 0 aliphatic carbocycles. The normalized spacial score (nSPS) is 33.2. The van der Waals surface area contributed by atoms with Crippen LogP contribution in [0.5, 0.6) is 0 Å². The Bertz CT molecular complexity index is 389. The van der Waals surface area contributed by atoms with Gasteiger partial charge in [0, 0.05) is 16.8 Å². The van der Waals surface area contributed by atoms with Crippen LogP contribution in [0.25, 0.3) is 0 Å². The SMILES string of the molecule is CCNC(c1ccsc1C)C1CC2CCC1O2. The highest BCUT2D eigenvalue weighted by atomic mass is 32.1. The molecule has 0 spiro atoms. The molecule has 2 bridgehead atoms. The van der Waals surface area contributed by atoms with E-state index in [1.165, 1.54) is 29.7 Å². The molecule has 3 rings (SSSR count). The second kappa shape index (κ2) is 4.71. The zero-order valence-electron chi connectivity index (χ0n) is 10.6. The maximum absolute atomic E-state index is 6.01. The zero-order chi connectivity index (χ0) is 11.8. The van der Waals surface area contributed by atoms with Gasteiger partial charge in [0.15, 0.2) is 0 Å². The predicted molar refractivity (Wildman–Crippen MR) is 71.5 cm³/mol. The fourth-order valence-electron chi connectivity index (χ4n) is 3.46. The average molecular weight is 251 g/mol. The van der Waals surface area contributed by atoms with Crippen molar-refractivity contribution in [3.8, 4) is 0 Å². The summed E-state index contributed by atoms with van der Waals surface area (Å²) < 4.78 is 6.01. The zero-order valence-corrected chi connectivity index (χ0v) is 11.4. The van der Waals surface area contributed by atoms with E-state index in [4.69, 9.17) is 4.74 Å². The molecule has 2 aliphatic heterocycles. The number of hydrogen-bond acceptors (Lipinski definition) is 3. The van der Waals surface area contributed by atoms with E-state index in [0.29, 0.717) is 24.2 Å². The molecule has 2 aliphatic rings. The lowest BCUT2D eigenvalue weighted by atomic mass is 9.81.